The van der Waals surface area contributed by atoms with Crippen molar-refractivity contribution in [2.75, 3.05) is 25.0 Å². The Hall–Kier alpha value is -2.89. The topological polar surface area (TPSA) is 36.7 Å². The van der Waals surface area contributed by atoms with Crippen LogP contribution in [-0.4, -0.2) is 39.6 Å². The van der Waals surface area contributed by atoms with Crippen LogP contribution in [0.3, 0.4) is 0 Å². The third kappa shape index (κ3) is 3.13. The van der Waals surface area contributed by atoms with Gasteiger partial charge in [-0.2, -0.15) is 0 Å². The third-order valence-corrected chi connectivity index (χ3v) is 5.53. The molecule has 5 nitrogen and oxygen atoms in total. The lowest BCUT2D eigenvalue weighted by atomic mass is 10.0. The summed E-state index contributed by atoms with van der Waals surface area (Å²) >= 11 is 6.09. The fourth-order valence-electron chi connectivity index (χ4n) is 3.80. The second-order valence-electron chi connectivity index (χ2n) is 7.22. The van der Waals surface area contributed by atoms with Crippen molar-refractivity contribution >= 4 is 28.6 Å². The van der Waals surface area contributed by atoms with Gasteiger partial charge in [-0.15, -0.1) is 10.2 Å². The minimum atomic E-state index is 0.760. The highest BCUT2D eigenvalue weighted by Crippen LogP contribution is 2.34. The first-order valence-electron chi connectivity index (χ1n) is 9.32. The molecule has 0 radical (unpaired) electrons. The fraction of sp³-hybridized carbons (Fsp3) is 0.182. The summed E-state index contributed by atoms with van der Waals surface area (Å²) in [4.78, 5) is 4.74. The van der Waals surface area contributed by atoms with Crippen molar-refractivity contribution in [1.29, 1.82) is 0 Å². The van der Waals surface area contributed by atoms with Gasteiger partial charge >= 0.3 is 0 Å². The van der Waals surface area contributed by atoms with E-state index in [1.54, 1.807) is 6.33 Å². The summed E-state index contributed by atoms with van der Waals surface area (Å²) in [5, 5.41) is 8.81. The van der Waals surface area contributed by atoms with Crippen LogP contribution < -0.4 is 4.90 Å². The average Bonchev–Trinajstić information content (AvgIpc) is 3.11. The highest BCUT2D eigenvalue weighted by Gasteiger charge is 2.20. The van der Waals surface area contributed by atoms with Crippen LogP contribution >= 0.6 is 11.6 Å². The fourth-order valence-corrected chi connectivity index (χ4v) is 3.93. The van der Waals surface area contributed by atoms with Gasteiger partial charge < -0.3 is 9.80 Å². The molecule has 0 spiro atoms. The van der Waals surface area contributed by atoms with Gasteiger partial charge in [0.05, 0.1) is 0 Å². The molecule has 0 aliphatic carbocycles. The molecule has 0 saturated heterocycles. The number of likely N-dealkylation sites (N-methyl/N-ethyl adjacent to an activating group) is 1. The summed E-state index contributed by atoms with van der Waals surface area (Å²) in [7, 11) is 2.17. The summed E-state index contributed by atoms with van der Waals surface area (Å²) in [5.74, 6) is 0. The predicted octanol–water partition coefficient (Wildman–Crippen LogP) is 4.63. The Morgan fingerprint density at radius 1 is 0.929 bits per heavy atom. The van der Waals surface area contributed by atoms with Gasteiger partial charge in [-0.05, 0) is 72.3 Å². The van der Waals surface area contributed by atoms with Gasteiger partial charge in [0.25, 0.3) is 0 Å². The number of rotatable bonds is 2. The smallest absolute Gasteiger partial charge is 0.160 e. The van der Waals surface area contributed by atoms with Gasteiger partial charge in [-0.25, -0.2) is 0 Å². The Kier molecular flexibility index (Phi) is 4.26. The van der Waals surface area contributed by atoms with Crippen molar-refractivity contribution in [3.05, 3.63) is 77.7 Å². The number of hydrogen-bond acceptors (Lipinski definition) is 4. The van der Waals surface area contributed by atoms with Crippen molar-refractivity contribution in [3.63, 3.8) is 0 Å². The quantitative estimate of drug-likeness (QED) is 0.500. The van der Waals surface area contributed by atoms with Crippen molar-refractivity contribution in [1.82, 2.24) is 19.5 Å². The highest BCUT2D eigenvalue weighted by atomic mass is 35.5. The number of halogens is 1. The van der Waals surface area contributed by atoms with Crippen LogP contribution in [0.25, 0.3) is 16.8 Å². The Morgan fingerprint density at radius 2 is 1.75 bits per heavy atom. The minimum absolute atomic E-state index is 0.760. The monoisotopic (exact) mass is 389 g/mol. The molecule has 0 unspecified atom stereocenters. The number of pyridine rings is 1. The zero-order valence-electron chi connectivity index (χ0n) is 15.6. The SMILES string of the molecule is CN1CCN(c2ccc(Cl)cc2)c2ccc(-c3ccc4nncn4c3)cc2C1. The maximum absolute atomic E-state index is 6.09. The van der Waals surface area contributed by atoms with E-state index >= 15 is 0 Å². The van der Waals surface area contributed by atoms with Crippen LogP contribution in [0.5, 0.6) is 0 Å². The molecule has 2 aromatic carbocycles. The Morgan fingerprint density at radius 3 is 2.61 bits per heavy atom. The second-order valence-corrected chi connectivity index (χ2v) is 7.66. The normalized spacial score (nSPS) is 14.9. The molecule has 1 aliphatic heterocycles. The number of hydrogen-bond donors (Lipinski definition) is 0. The van der Waals surface area contributed by atoms with E-state index in [2.05, 4.69) is 69.6 Å². The molecule has 6 heteroatoms. The van der Waals surface area contributed by atoms with Gasteiger partial charge in [0, 0.05) is 42.2 Å². The van der Waals surface area contributed by atoms with Crippen LogP contribution in [0.15, 0.2) is 67.1 Å². The minimum Gasteiger partial charge on any atom is -0.340 e. The highest BCUT2D eigenvalue weighted by molar-refractivity contribution is 6.30. The van der Waals surface area contributed by atoms with E-state index < -0.39 is 0 Å². The van der Waals surface area contributed by atoms with E-state index in [-0.39, 0.29) is 0 Å². The molecule has 5 rings (SSSR count). The van der Waals surface area contributed by atoms with Gasteiger partial charge in [0.1, 0.15) is 6.33 Å². The molecule has 0 saturated carbocycles. The molecule has 4 aromatic rings. The molecule has 28 heavy (non-hydrogen) atoms. The Labute approximate surface area is 168 Å². The first-order chi connectivity index (χ1) is 13.7. The first kappa shape index (κ1) is 17.2. The van der Waals surface area contributed by atoms with E-state index in [4.69, 9.17) is 11.6 Å². The van der Waals surface area contributed by atoms with Gasteiger partial charge in [0.15, 0.2) is 5.65 Å². The lowest BCUT2D eigenvalue weighted by Gasteiger charge is -2.25. The largest absolute Gasteiger partial charge is 0.340 e. The van der Waals surface area contributed by atoms with Crippen LogP contribution in [0.1, 0.15) is 5.56 Å². The summed E-state index contributed by atoms with van der Waals surface area (Å²) in [5.41, 5.74) is 6.93. The van der Waals surface area contributed by atoms with E-state index in [1.165, 1.54) is 22.5 Å². The van der Waals surface area contributed by atoms with Crippen molar-refractivity contribution < 1.29 is 0 Å². The summed E-state index contributed by atoms with van der Waals surface area (Å²) < 4.78 is 1.95. The Bertz CT molecular complexity index is 1140. The zero-order chi connectivity index (χ0) is 19.1. The van der Waals surface area contributed by atoms with Crippen molar-refractivity contribution in [2.45, 2.75) is 6.54 Å². The molecule has 1 aliphatic rings. The van der Waals surface area contributed by atoms with Gasteiger partial charge in [-0.3, -0.25) is 4.40 Å². The van der Waals surface area contributed by atoms with E-state index in [0.717, 1.165) is 35.9 Å². The van der Waals surface area contributed by atoms with Crippen LogP contribution in [0.4, 0.5) is 11.4 Å². The molecule has 140 valence electrons. The van der Waals surface area contributed by atoms with Crippen LogP contribution in [0.2, 0.25) is 5.02 Å². The molecule has 0 fully saturated rings. The molecule has 3 heterocycles. The predicted molar refractivity (Wildman–Crippen MR) is 113 cm³/mol. The molecule has 0 atom stereocenters. The first-order valence-corrected chi connectivity index (χ1v) is 9.69. The lowest BCUT2D eigenvalue weighted by molar-refractivity contribution is 0.343. The zero-order valence-corrected chi connectivity index (χ0v) is 16.3. The third-order valence-electron chi connectivity index (χ3n) is 5.28. The Balaban J connectivity index is 1.58. The number of anilines is 2. The maximum Gasteiger partial charge on any atom is 0.160 e. The molecule has 0 N–H and O–H groups in total. The van der Waals surface area contributed by atoms with E-state index in [9.17, 15) is 0 Å². The average molecular weight is 390 g/mol. The lowest BCUT2D eigenvalue weighted by Crippen LogP contribution is -2.26. The van der Waals surface area contributed by atoms with Crippen molar-refractivity contribution in [3.8, 4) is 11.1 Å². The van der Waals surface area contributed by atoms with Crippen LogP contribution in [-0.2, 0) is 6.54 Å². The standard InChI is InChI=1S/C22H20ClN5/c1-26-10-11-28(20-6-4-19(23)5-7-20)21-8-2-16(12-18(21)13-26)17-3-9-22-25-24-15-27(22)14-17/h2-9,12,14-15H,10-11,13H2,1H3. The summed E-state index contributed by atoms with van der Waals surface area (Å²) in [6.45, 7) is 2.86. The molecule has 2 aromatic heterocycles. The maximum atomic E-state index is 6.09. The summed E-state index contributed by atoms with van der Waals surface area (Å²) in [6, 6.07) is 18.9. The number of benzene rings is 2. The summed E-state index contributed by atoms with van der Waals surface area (Å²) in [6.07, 6.45) is 3.81. The molecule has 0 bridgehead atoms. The number of aromatic nitrogens is 3. The number of fused-ring (bicyclic) bond motifs is 2. The van der Waals surface area contributed by atoms with Gasteiger partial charge in [-0.1, -0.05) is 17.7 Å². The molecular weight excluding hydrogens is 370 g/mol. The molecule has 0 amide bonds. The van der Waals surface area contributed by atoms with Gasteiger partial charge in [0.2, 0.25) is 0 Å². The second kappa shape index (κ2) is 6.93. The molecular formula is C22H20ClN5. The van der Waals surface area contributed by atoms with E-state index in [0.29, 0.717) is 0 Å². The van der Waals surface area contributed by atoms with E-state index in [1.807, 2.05) is 22.6 Å². The van der Waals surface area contributed by atoms with Crippen molar-refractivity contribution in [2.24, 2.45) is 0 Å². The number of nitrogens with zero attached hydrogens (tertiary/aromatic N) is 5. The van der Waals surface area contributed by atoms with Crippen LogP contribution in [0, 0.1) is 0 Å².